The summed E-state index contributed by atoms with van der Waals surface area (Å²) >= 11 is 0. The third-order valence-corrected chi connectivity index (χ3v) is 6.14. The van der Waals surface area contributed by atoms with Gasteiger partial charge in [-0.2, -0.15) is 0 Å². The van der Waals surface area contributed by atoms with Crippen molar-refractivity contribution in [2.75, 3.05) is 18.4 Å². The number of carbonyl (C=O) groups excluding carboxylic acids is 3. The average Bonchev–Trinajstić information content (AvgIpc) is 3.16. The van der Waals surface area contributed by atoms with Crippen molar-refractivity contribution in [3.8, 4) is 11.5 Å². The molecule has 1 aliphatic rings. The Kier molecular flexibility index (Phi) is 8.12. The van der Waals surface area contributed by atoms with Gasteiger partial charge in [0.15, 0.2) is 0 Å². The Balaban J connectivity index is 1.35. The second-order valence-corrected chi connectivity index (χ2v) is 8.89. The van der Waals surface area contributed by atoms with Crippen LogP contribution in [0.2, 0.25) is 0 Å². The van der Waals surface area contributed by atoms with Crippen LogP contribution in [0.4, 0.5) is 5.69 Å². The summed E-state index contributed by atoms with van der Waals surface area (Å²) in [7, 11) is 0. The number of benzene rings is 2. The molecule has 36 heavy (non-hydrogen) atoms. The van der Waals surface area contributed by atoms with Crippen LogP contribution in [0, 0.1) is 6.92 Å². The van der Waals surface area contributed by atoms with Crippen LogP contribution in [-0.4, -0.2) is 46.7 Å². The number of nitrogens with one attached hydrogen (secondary N) is 2. The van der Waals surface area contributed by atoms with Crippen LogP contribution in [0.1, 0.15) is 36.3 Å². The Morgan fingerprint density at radius 3 is 2.69 bits per heavy atom. The van der Waals surface area contributed by atoms with E-state index in [1.165, 1.54) is 4.90 Å². The number of aryl methyl sites for hydroxylation is 1. The lowest BCUT2D eigenvalue weighted by Crippen LogP contribution is -2.49. The van der Waals surface area contributed by atoms with Crippen LogP contribution in [-0.2, 0) is 27.3 Å². The van der Waals surface area contributed by atoms with Gasteiger partial charge >= 0.3 is 0 Å². The van der Waals surface area contributed by atoms with E-state index in [0.717, 1.165) is 24.0 Å². The molecule has 0 saturated carbocycles. The van der Waals surface area contributed by atoms with Crippen LogP contribution < -0.4 is 16.4 Å². The molecule has 4 rings (SSSR count). The fourth-order valence-electron chi connectivity index (χ4n) is 4.24. The van der Waals surface area contributed by atoms with Crippen molar-refractivity contribution in [2.45, 2.75) is 45.2 Å². The molecule has 2 aromatic carbocycles. The van der Waals surface area contributed by atoms with Crippen molar-refractivity contribution in [1.29, 1.82) is 0 Å². The minimum Gasteiger partial charge on any atom is -0.441 e. The number of likely N-dealkylation sites (tertiary alicyclic amines) is 1. The Bertz CT molecular complexity index is 1220. The molecule has 0 bridgehead atoms. The van der Waals surface area contributed by atoms with E-state index in [2.05, 4.69) is 15.6 Å². The van der Waals surface area contributed by atoms with Gasteiger partial charge in [0.05, 0.1) is 18.7 Å². The summed E-state index contributed by atoms with van der Waals surface area (Å²) in [5.41, 5.74) is 8.56. The topological polar surface area (TPSA) is 131 Å². The molecule has 9 heteroatoms. The van der Waals surface area contributed by atoms with Gasteiger partial charge in [0.1, 0.15) is 11.8 Å². The summed E-state index contributed by atoms with van der Waals surface area (Å²) in [6.45, 7) is 2.52. The van der Waals surface area contributed by atoms with E-state index in [0.29, 0.717) is 42.5 Å². The van der Waals surface area contributed by atoms with Gasteiger partial charge in [-0.15, -0.1) is 0 Å². The zero-order valence-corrected chi connectivity index (χ0v) is 20.3. The third-order valence-electron chi connectivity index (χ3n) is 6.14. The van der Waals surface area contributed by atoms with E-state index in [1.807, 2.05) is 42.5 Å². The Labute approximate surface area is 210 Å². The highest BCUT2D eigenvalue weighted by atomic mass is 16.4. The highest BCUT2D eigenvalue weighted by Crippen LogP contribution is 2.22. The number of hydrogen-bond acceptors (Lipinski definition) is 6. The van der Waals surface area contributed by atoms with Gasteiger partial charge in [0.25, 0.3) is 0 Å². The number of amides is 3. The summed E-state index contributed by atoms with van der Waals surface area (Å²) in [6, 6.07) is 16.1. The molecule has 188 valence electrons. The van der Waals surface area contributed by atoms with Gasteiger partial charge < -0.3 is 25.7 Å². The molecule has 0 radical (unpaired) electrons. The fourth-order valence-corrected chi connectivity index (χ4v) is 4.24. The number of carbonyl (C=O) groups is 3. The van der Waals surface area contributed by atoms with Gasteiger partial charge in [-0.3, -0.25) is 14.4 Å². The predicted molar refractivity (Wildman–Crippen MR) is 136 cm³/mol. The van der Waals surface area contributed by atoms with Crippen molar-refractivity contribution in [2.24, 2.45) is 5.73 Å². The molecule has 1 unspecified atom stereocenters. The molecular weight excluding hydrogens is 458 g/mol. The van der Waals surface area contributed by atoms with E-state index in [9.17, 15) is 14.4 Å². The third kappa shape index (κ3) is 6.37. The molecule has 3 amide bonds. The molecule has 1 fully saturated rings. The van der Waals surface area contributed by atoms with Gasteiger partial charge in [0.2, 0.25) is 23.6 Å². The quantitative estimate of drug-likeness (QED) is 0.446. The van der Waals surface area contributed by atoms with E-state index in [-0.39, 0.29) is 30.7 Å². The second kappa shape index (κ2) is 11.6. The van der Waals surface area contributed by atoms with E-state index in [1.54, 1.807) is 19.1 Å². The minimum absolute atomic E-state index is 0.00389. The van der Waals surface area contributed by atoms with E-state index < -0.39 is 6.04 Å². The number of nitrogens with two attached hydrogens (primary N) is 1. The maximum Gasteiger partial charge on any atom is 0.245 e. The second-order valence-electron chi connectivity index (χ2n) is 8.89. The van der Waals surface area contributed by atoms with Crippen molar-refractivity contribution in [1.82, 2.24) is 15.2 Å². The molecule has 0 spiro atoms. The predicted octanol–water partition coefficient (Wildman–Crippen LogP) is 2.79. The number of nitrogens with zero attached hydrogens (tertiary/aromatic N) is 2. The molecule has 1 aliphatic heterocycles. The fraction of sp³-hybridized carbons (Fsp3) is 0.333. The molecule has 2 heterocycles. The molecule has 3 aromatic rings. The van der Waals surface area contributed by atoms with Crippen LogP contribution in [0.5, 0.6) is 0 Å². The maximum absolute atomic E-state index is 13.2. The lowest BCUT2D eigenvalue weighted by molar-refractivity contribution is -0.138. The molecule has 1 atom stereocenters. The lowest BCUT2D eigenvalue weighted by atomic mass is 10.1. The molecular formula is C27H31N5O4. The number of anilines is 1. The van der Waals surface area contributed by atoms with Gasteiger partial charge in [-0.1, -0.05) is 30.3 Å². The Morgan fingerprint density at radius 2 is 1.92 bits per heavy atom. The number of aromatic nitrogens is 1. The first-order valence-electron chi connectivity index (χ1n) is 12.1. The van der Waals surface area contributed by atoms with Crippen molar-refractivity contribution >= 4 is 23.4 Å². The number of oxazole rings is 1. The van der Waals surface area contributed by atoms with Crippen molar-refractivity contribution < 1.29 is 18.8 Å². The van der Waals surface area contributed by atoms with Crippen molar-refractivity contribution in [3.63, 3.8) is 0 Å². The maximum atomic E-state index is 13.2. The standard InChI is InChI=1S/C27H31N5O4/c1-18-23(31-26(36-18)20-9-3-2-4-10-20)15-24(33)30-22-12-5-6-13-32(27(22)35)17-25(34)29-21-11-7-8-19(14-21)16-28/h2-4,7-11,14,22H,5-6,12-13,15-17,28H2,1H3,(H,29,34)(H,30,33). The molecule has 0 aliphatic carbocycles. The van der Waals surface area contributed by atoms with E-state index >= 15 is 0 Å². The van der Waals surface area contributed by atoms with Crippen LogP contribution in [0.15, 0.2) is 59.0 Å². The van der Waals surface area contributed by atoms with Crippen LogP contribution in [0.25, 0.3) is 11.5 Å². The highest BCUT2D eigenvalue weighted by molar-refractivity contribution is 5.96. The number of hydrogen-bond donors (Lipinski definition) is 3. The Morgan fingerprint density at radius 1 is 1.11 bits per heavy atom. The first kappa shape index (κ1) is 25.1. The van der Waals surface area contributed by atoms with E-state index in [4.69, 9.17) is 10.2 Å². The first-order valence-corrected chi connectivity index (χ1v) is 12.1. The molecule has 1 aromatic heterocycles. The van der Waals surface area contributed by atoms with Crippen molar-refractivity contribution in [3.05, 3.63) is 71.6 Å². The number of rotatable bonds is 8. The molecule has 9 nitrogen and oxygen atoms in total. The molecule has 4 N–H and O–H groups in total. The zero-order chi connectivity index (χ0) is 25.5. The zero-order valence-electron chi connectivity index (χ0n) is 20.3. The summed E-state index contributed by atoms with van der Waals surface area (Å²) in [6.07, 6.45) is 2.06. The van der Waals surface area contributed by atoms with Crippen LogP contribution >= 0.6 is 0 Å². The molecule has 1 saturated heterocycles. The average molecular weight is 490 g/mol. The largest absolute Gasteiger partial charge is 0.441 e. The van der Waals surface area contributed by atoms with Crippen LogP contribution in [0.3, 0.4) is 0 Å². The van der Waals surface area contributed by atoms with Gasteiger partial charge in [0, 0.05) is 24.3 Å². The van der Waals surface area contributed by atoms with Gasteiger partial charge in [-0.05, 0) is 56.0 Å². The monoisotopic (exact) mass is 489 g/mol. The summed E-state index contributed by atoms with van der Waals surface area (Å²) in [5, 5.41) is 5.66. The SMILES string of the molecule is Cc1oc(-c2ccccc2)nc1CC(=O)NC1CCCCN(CC(=O)Nc2cccc(CN)c2)C1=O. The minimum atomic E-state index is -0.686. The summed E-state index contributed by atoms with van der Waals surface area (Å²) in [4.78, 5) is 44.6. The smallest absolute Gasteiger partial charge is 0.245 e. The normalized spacial score (nSPS) is 15.9. The van der Waals surface area contributed by atoms with Gasteiger partial charge in [-0.25, -0.2) is 4.98 Å². The Hall–Kier alpha value is -3.98. The first-order chi connectivity index (χ1) is 17.4. The summed E-state index contributed by atoms with van der Waals surface area (Å²) in [5.74, 6) is 0.155. The highest BCUT2D eigenvalue weighted by Gasteiger charge is 2.30. The summed E-state index contributed by atoms with van der Waals surface area (Å²) < 4.78 is 5.74. The lowest BCUT2D eigenvalue weighted by Gasteiger charge is -2.24.